The van der Waals surface area contributed by atoms with E-state index in [0.717, 1.165) is 43.1 Å². The molecular weight excluding hydrogens is 448 g/mol. The molecule has 1 aliphatic heterocycles. The zero-order valence-electron chi connectivity index (χ0n) is 17.7. The third-order valence-corrected chi connectivity index (χ3v) is 6.02. The maximum atomic E-state index is 11.3. The van der Waals surface area contributed by atoms with Gasteiger partial charge in [0.25, 0.3) is 5.69 Å². The van der Waals surface area contributed by atoms with Crippen LogP contribution in [0.5, 0.6) is 0 Å². The standard InChI is InChI=1S/C20H22N8O4S/c1-12-17(18(29)30)33-20(23-12)26-19-24-15(10-16(25-19)27-7-5-21-6-8-27)22-11-13-3-2-4-14(9-13)28(31)32/h2-4,9-10,21H,5-8,11H2,1H3,(H,29,30)(H2,22,23,24,25,26). The van der Waals surface area contributed by atoms with Crippen LogP contribution in [0.4, 0.5) is 28.4 Å². The summed E-state index contributed by atoms with van der Waals surface area (Å²) in [6.07, 6.45) is 0. The topological polar surface area (TPSA) is 158 Å². The number of aromatic carboxylic acids is 1. The predicted octanol–water partition coefficient (Wildman–Crippen LogP) is 2.61. The molecule has 0 spiro atoms. The number of nitro benzene ring substituents is 1. The van der Waals surface area contributed by atoms with Crippen molar-refractivity contribution in [2.75, 3.05) is 41.7 Å². The summed E-state index contributed by atoms with van der Waals surface area (Å²) in [7, 11) is 0. The molecule has 0 aliphatic carbocycles. The van der Waals surface area contributed by atoms with Crippen LogP contribution >= 0.6 is 11.3 Å². The number of anilines is 4. The van der Waals surface area contributed by atoms with Gasteiger partial charge in [0.05, 0.1) is 10.6 Å². The number of benzene rings is 1. The zero-order valence-corrected chi connectivity index (χ0v) is 18.6. The first-order valence-electron chi connectivity index (χ1n) is 10.2. The smallest absolute Gasteiger partial charge is 0.347 e. The summed E-state index contributed by atoms with van der Waals surface area (Å²) < 4.78 is 0. The van der Waals surface area contributed by atoms with Crippen LogP contribution in [0.2, 0.25) is 0 Å². The molecule has 4 rings (SSSR count). The van der Waals surface area contributed by atoms with Gasteiger partial charge in [0.2, 0.25) is 5.95 Å². The number of aryl methyl sites for hydroxylation is 1. The van der Waals surface area contributed by atoms with Crippen LogP contribution in [0.25, 0.3) is 0 Å². The maximum Gasteiger partial charge on any atom is 0.347 e. The second kappa shape index (κ2) is 9.75. The van der Waals surface area contributed by atoms with Gasteiger partial charge in [-0.2, -0.15) is 9.97 Å². The Bertz CT molecular complexity index is 1180. The fraction of sp³-hybridized carbons (Fsp3) is 0.300. The van der Waals surface area contributed by atoms with Crippen LogP contribution in [-0.2, 0) is 6.54 Å². The molecule has 0 atom stereocenters. The zero-order chi connectivity index (χ0) is 23.4. The molecule has 13 heteroatoms. The SMILES string of the molecule is Cc1nc(Nc2nc(NCc3cccc([N+](=O)[O-])c3)cc(N3CCNCC3)n2)sc1C(=O)O. The molecule has 12 nitrogen and oxygen atoms in total. The van der Waals surface area contributed by atoms with Crippen molar-refractivity contribution in [3.8, 4) is 0 Å². The lowest BCUT2D eigenvalue weighted by Gasteiger charge is -2.28. The first kappa shape index (κ1) is 22.4. The van der Waals surface area contributed by atoms with Gasteiger partial charge in [-0.1, -0.05) is 23.5 Å². The number of thiazole rings is 1. The van der Waals surface area contributed by atoms with E-state index in [9.17, 15) is 20.0 Å². The number of non-ortho nitro benzene ring substituents is 1. The predicted molar refractivity (Wildman–Crippen MR) is 125 cm³/mol. The van der Waals surface area contributed by atoms with E-state index in [4.69, 9.17) is 0 Å². The number of hydrogen-bond acceptors (Lipinski definition) is 11. The van der Waals surface area contributed by atoms with E-state index in [2.05, 4.69) is 35.8 Å². The molecule has 0 amide bonds. The van der Waals surface area contributed by atoms with E-state index in [-0.39, 0.29) is 16.5 Å². The fourth-order valence-electron chi connectivity index (χ4n) is 3.35. The number of carboxylic acid groups (broad SMARTS) is 1. The number of nitro groups is 1. The van der Waals surface area contributed by atoms with Crippen LogP contribution in [0.1, 0.15) is 20.9 Å². The number of piperazine rings is 1. The van der Waals surface area contributed by atoms with E-state index in [1.54, 1.807) is 19.1 Å². The van der Waals surface area contributed by atoms with E-state index in [0.29, 0.717) is 29.0 Å². The van der Waals surface area contributed by atoms with Crippen LogP contribution in [-0.4, -0.2) is 57.1 Å². The third kappa shape index (κ3) is 5.51. The van der Waals surface area contributed by atoms with E-state index >= 15 is 0 Å². The van der Waals surface area contributed by atoms with Gasteiger partial charge in [0.15, 0.2) is 5.13 Å². The largest absolute Gasteiger partial charge is 0.477 e. The lowest BCUT2D eigenvalue weighted by atomic mass is 10.2. The number of carbonyl (C=O) groups is 1. The number of nitrogens with zero attached hydrogens (tertiary/aromatic N) is 5. The summed E-state index contributed by atoms with van der Waals surface area (Å²) >= 11 is 1.01. The number of aromatic nitrogens is 3. The molecule has 1 fully saturated rings. The summed E-state index contributed by atoms with van der Waals surface area (Å²) in [5.41, 5.74) is 1.18. The molecule has 3 heterocycles. The van der Waals surface area contributed by atoms with Gasteiger partial charge in [0.1, 0.15) is 16.5 Å². The molecular formula is C20H22N8O4S. The van der Waals surface area contributed by atoms with Crippen LogP contribution in [0, 0.1) is 17.0 Å². The van der Waals surface area contributed by atoms with Crippen LogP contribution < -0.4 is 20.9 Å². The number of carboxylic acids is 1. The highest BCUT2D eigenvalue weighted by Crippen LogP contribution is 2.27. The minimum Gasteiger partial charge on any atom is -0.477 e. The van der Waals surface area contributed by atoms with Crippen molar-refractivity contribution < 1.29 is 14.8 Å². The number of rotatable bonds is 8. The Labute approximate surface area is 192 Å². The minimum absolute atomic E-state index is 0.0224. The average molecular weight is 471 g/mol. The Balaban J connectivity index is 1.59. The summed E-state index contributed by atoms with van der Waals surface area (Å²) in [6.45, 7) is 5.18. The van der Waals surface area contributed by atoms with E-state index < -0.39 is 10.9 Å². The lowest BCUT2D eigenvalue weighted by molar-refractivity contribution is -0.384. The molecule has 3 aromatic rings. The Morgan fingerprint density at radius 2 is 2.06 bits per heavy atom. The minimum atomic E-state index is -1.03. The van der Waals surface area contributed by atoms with Crippen molar-refractivity contribution in [2.24, 2.45) is 0 Å². The summed E-state index contributed by atoms with van der Waals surface area (Å²) in [4.78, 5) is 37.6. The maximum absolute atomic E-state index is 11.3. The molecule has 1 aliphatic rings. The molecule has 0 radical (unpaired) electrons. The number of nitrogens with one attached hydrogen (secondary N) is 3. The molecule has 172 valence electrons. The third-order valence-electron chi connectivity index (χ3n) is 4.96. The molecule has 1 aromatic carbocycles. The quantitative estimate of drug-likeness (QED) is 0.283. The van der Waals surface area contributed by atoms with Crippen molar-refractivity contribution >= 4 is 45.7 Å². The first-order valence-corrected chi connectivity index (χ1v) is 11.0. The van der Waals surface area contributed by atoms with Gasteiger partial charge >= 0.3 is 5.97 Å². The second-order valence-corrected chi connectivity index (χ2v) is 8.32. The second-order valence-electron chi connectivity index (χ2n) is 7.32. The summed E-state index contributed by atoms with van der Waals surface area (Å²) in [6, 6.07) is 8.21. The molecule has 2 aromatic heterocycles. The molecule has 0 bridgehead atoms. The molecule has 0 unspecified atom stereocenters. The van der Waals surface area contributed by atoms with Gasteiger partial charge in [-0.15, -0.1) is 0 Å². The lowest BCUT2D eigenvalue weighted by Crippen LogP contribution is -2.44. The molecule has 0 saturated carbocycles. The van der Waals surface area contributed by atoms with E-state index in [1.165, 1.54) is 12.1 Å². The average Bonchev–Trinajstić information content (AvgIpc) is 3.18. The summed E-state index contributed by atoms with van der Waals surface area (Å²) in [5, 5.41) is 30.2. The van der Waals surface area contributed by atoms with Crippen LogP contribution in [0.3, 0.4) is 0 Å². The Morgan fingerprint density at radius 1 is 1.27 bits per heavy atom. The van der Waals surface area contributed by atoms with Crippen molar-refractivity contribution in [3.05, 3.63) is 56.6 Å². The van der Waals surface area contributed by atoms with Crippen molar-refractivity contribution in [2.45, 2.75) is 13.5 Å². The van der Waals surface area contributed by atoms with Gasteiger partial charge in [-0.3, -0.25) is 15.4 Å². The van der Waals surface area contributed by atoms with Gasteiger partial charge in [-0.05, 0) is 12.5 Å². The number of hydrogen-bond donors (Lipinski definition) is 4. The van der Waals surface area contributed by atoms with E-state index in [1.807, 2.05) is 6.07 Å². The highest BCUT2D eigenvalue weighted by Gasteiger charge is 2.18. The van der Waals surface area contributed by atoms with Gasteiger partial charge in [-0.25, -0.2) is 9.78 Å². The molecule has 4 N–H and O–H groups in total. The van der Waals surface area contributed by atoms with Crippen molar-refractivity contribution in [3.63, 3.8) is 0 Å². The van der Waals surface area contributed by atoms with Gasteiger partial charge < -0.3 is 20.6 Å². The summed E-state index contributed by atoms with van der Waals surface area (Å²) in [5.74, 6) is 0.479. The van der Waals surface area contributed by atoms with Crippen molar-refractivity contribution in [1.29, 1.82) is 0 Å². The van der Waals surface area contributed by atoms with Crippen LogP contribution in [0.15, 0.2) is 30.3 Å². The Hall–Kier alpha value is -3.84. The monoisotopic (exact) mass is 470 g/mol. The normalized spacial score (nSPS) is 13.5. The Morgan fingerprint density at radius 3 is 2.76 bits per heavy atom. The van der Waals surface area contributed by atoms with Crippen molar-refractivity contribution in [1.82, 2.24) is 20.3 Å². The Kier molecular flexibility index (Phi) is 6.60. The highest BCUT2D eigenvalue weighted by molar-refractivity contribution is 7.17. The fourth-order valence-corrected chi connectivity index (χ4v) is 4.15. The molecule has 1 saturated heterocycles. The highest BCUT2D eigenvalue weighted by atomic mass is 32.1. The van der Waals surface area contributed by atoms with Gasteiger partial charge in [0, 0.05) is 50.9 Å². The molecule has 33 heavy (non-hydrogen) atoms. The first-order chi connectivity index (χ1) is 15.9.